The Balaban J connectivity index is 3.06. The maximum atomic E-state index is 13.1. The van der Waals surface area contributed by atoms with Crippen molar-refractivity contribution >= 4 is 29.1 Å². The maximum Gasteiger partial charge on any atom is 0.247 e. The minimum atomic E-state index is -0.688. The zero-order valence-corrected chi connectivity index (χ0v) is 19.8. The monoisotopic (exact) mass is 430 g/mol. The molecule has 6 nitrogen and oxygen atoms in total. The first-order valence-corrected chi connectivity index (χ1v) is 11.3. The molecule has 0 aliphatic carbocycles. The second kappa shape index (κ2) is 13.0. The van der Waals surface area contributed by atoms with Gasteiger partial charge >= 0.3 is 0 Å². The molecule has 0 saturated heterocycles. The minimum absolute atomic E-state index is 0.0116. The number of benzene rings is 1. The van der Waals surface area contributed by atoms with E-state index in [9.17, 15) is 19.2 Å². The fourth-order valence-electron chi connectivity index (χ4n) is 3.85. The Labute approximate surface area is 186 Å². The van der Waals surface area contributed by atoms with Crippen molar-refractivity contribution < 1.29 is 19.2 Å². The molecule has 3 atom stereocenters. The number of ketones is 2. The van der Waals surface area contributed by atoms with Crippen LogP contribution in [0, 0.1) is 17.8 Å². The fourth-order valence-corrected chi connectivity index (χ4v) is 3.85. The van der Waals surface area contributed by atoms with Crippen LogP contribution in [0.15, 0.2) is 24.3 Å². The highest BCUT2D eigenvalue weighted by Gasteiger charge is 2.31. The van der Waals surface area contributed by atoms with Crippen LogP contribution in [0.1, 0.15) is 84.0 Å². The summed E-state index contributed by atoms with van der Waals surface area (Å²) < 4.78 is 0. The van der Waals surface area contributed by atoms with E-state index in [2.05, 4.69) is 17.6 Å². The summed E-state index contributed by atoms with van der Waals surface area (Å²) in [5, 5.41) is 5.83. The van der Waals surface area contributed by atoms with Gasteiger partial charge in [0.25, 0.3) is 0 Å². The third kappa shape index (κ3) is 9.03. The summed E-state index contributed by atoms with van der Waals surface area (Å²) in [4.78, 5) is 49.3. The highest BCUT2D eigenvalue weighted by molar-refractivity contribution is 5.99. The van der Waals surface area contributed by atoms with E-state index in [0.29, 0.717) is 17.7 Å². The van der Waals surface area contributed by atoms with Crippen molar-refractivity contribution in [3.63, 3.8) is 0 Å². The third-order valence-electron chi connectivity index (χ3n) is 5.46. The van der Waals surface area contributed by atoms with Crippen molar-refractivity contribution in [1.29, 1.82) is 0 Å². The number of Topliss-reactive ketones (excluding diaryl/α,β-unsaturated/α-hetero) is 2. The van der Waals surface area contributed by atoms with Gasteiger partial charge in [-0.15, -0.1) is 0 Å². The summed E-state index contributed by atoms with van der Waals surface area (Å²) in [6, 6.07) is 6.02. The first-order chi connectivity index (χ1) is 14.6. The molecule has 0 saturated carbocycles. The molecule has 0 fully saturated rings. The fraction of sp³-hybridized carbons (Fsp3) is 0.600. The standard InChI is InChI=1S/C25H38N2O4/c1-7-9-19(8-2)23(27-24(30)21(14-16(3)4)15-17(5)28)25(31)26-22-12-10-20(11-13-22)18(6)29/h10-13,16,19,21,23H,7-9,14-15H2,1-6H3,(H,26,31)(H,27,30)/t19?,21-,23+/m1/s1. The van der Waals surface area contributed by atoms with Crippen LogP contribution in [0.4, 0.5) is 5.69 Å². The number of amides is 2. The summed E-state index contributed by atoms with van der Waals surface area (Å²) in [6.45, 7) is 11.1. The zero-order valence-electron chi connectivity index (χ0n) is 19.8. The lowest BCUT2D eigenvalue weighted by atomic mass is 9.88. The van der Waals surface area contributed by atoms with E-state index in [1.165, 1.54) is 13.8 Å². The molecule has 0 heterocycles. The Morgan fingerprint density at radius 2 is 1.55 bits per heavy atom. The zero-order chi connectivity index (χ0) is 23.6. The normalized spacial score (nSPS) is 13.9. The number of nitrogens with one attached hydrogen (secondary N) is 2. The number of anilines is 1. The molecule has 1 unspecified atom stereocenters. The molecule has 2 amide bonds. The van der Waals surface area contributed by atoms with Crippen molar-refractivity contribution in [3.8, 4) is 0 Å². The van der Waals surface area contributed by atoms with Crippen LogP contribution in [-0.4, -0.2) is 29.4 Å². The predicted molar refractivity (Wildman–Crippen MR) is 124 cm³/mol. The lowest BCUT2D eigenvalue weighted by molar-refractivity contribution is -0.132. The second-order valence-corrected chi connectivity index (χ2v) is 8.80. The summed E-state index contributed by atoms with van der Waals surface area (Å²) in [5.41, 5.74) is 1.14. The van der Waals surface area contributed by atoms with Gasteiger partial charge in [-0.2, -0.15) is 0 Å². The van der Waals surface area contributed by atoms with Gasteiger partial charge in [-0.1, -0.05) is 40.5 Å². The molecular weight excluding hydrogens is 392 g/mol. The van der Waals surface area contributed by atoms with E-state index in [-0.39, 0.29) is 41.6 Å². The Hall–Kier alpha value is -2.50. The molecule has 1 rings (SSSR count). The molecule has 172 valence electrons. The van der Waals surface area contributed by atoms with Gasteiger partial charge in [-0.3, -0.25) is 14.4 Å². The highest BCUT2D eigenvalue weighted by Crippen LogP contribution is 2.21. The topological polar surface area (TPSA) is 92.3 Å². The maximum absolute atomic E-state index is 13.1. The van der Waals surface area contributed by atoms with Gasteiger partial charge in [0.05, 0.1) is 0 Å². The van der Waals surface area contributed by atoms with E-state index in [1.807, 2.05) is 20.8 Å². The minimum Gasteiger partial charge on any atom is -0.344 e. The van der Waals surface area contributed by atoms with Crippen molar-refractivity contribution in [2.75, 3.05) is 5.32 Å². The Kier molecular flexibility index (Phi) is 11.2. The molecular formula is C25H38N2O4. The molecule has 0 spiro atoms. The molecule has 0 aliphatic heterocycles. The van der Waals surface area contributed by atoms with E-state index < -0.39 is 12.0 Å². The van der Waals surface area contributed by atoms with Crippen LogP contribution in [0.2, 0.25) is 0 Å². The van der Waals surface area contributed by atoms with Gasteiger partial charge in [0.2, 0.25) is 11.8 Å². The second-order valence-electron chi connectivity index (χ2n) is 8.80. The highest BCUT2D eigenvalue weighted by atomic mass is 16.2. The summed E-state index contributed by atoms with van der Waals surface area (Å²) in [7, 11) is 0. The van der Waals surface area contributed by atoms with Crippen LogP contribution >= 0.6 is 0 Å². The molecule has 0 aromatic heterocycles. The SMILES string of the molecule is CCCC(CC)[C@H](NC(=O)[C@@H](CC(C)=O)CC(C)C)C(=O)Nc1ccc(C(C)=O)cc1. The molecule has 1 aromatic carbocycles. The molecule has 31 heavy (non-hydrogen) atoms. The van der Waals surface area contributed by atoms with Gasteiger partial charge in [-0.25, -0.2) is 0 Å². The first-order valence-electron chi connectivity index (χ1n) is 11.3. The quantitative estimate of drug-likeness (QED) is 0.441. The van der Waals surface area contributed by atoms with Gasteiger partial charge < -0.3 is 15.4 Å². The van der Waals surface area contributed by atoms with Crippen molar-refractivity contribution in [1.82, 2.24) is 5.32 Å². The van der Waals surface area contributed by atoms with Gasteiger partial charge in [0.1, 0.15) is 11.8 Å². The van der Waals surface area contributed by atoms with E-state index in [4.69, 9.17) is 0 Å². The third-order valence-corrected chi connectivity index (χ3v) is 5.46. The molecule has 6 heteroatoms. The van der Waals surface area contributed by atoms with Crippen molar-refractivity contribution in [2.45, 2.75) is 79.7 Å². The van der Waals surface area contributed by atoms with Crippen molar-refractivity contribution in [2.24, 2.45) is 17.8 Å². The van der Waals surface area contributed by atoms with Crippen LogP contribution in [0.3, 0.4) is 0 Å². The molecule has 2 N–H and O–H groups in total. The van der Waals surface area contributed by atoms with Crippen LogP contribution in [0.25, 0.3) is 0 Å². The number of carbonyl (C=O) groups excluding carboxylic acids is 4. The Bertz CT molecular complexity index is 755. The van der Waals surface area contributed by atoms with Crippen molar-refractivity contribution in [3.05, 3.63) is 29.8 Å². The first kappa shape index (κ1) is 26.5. The van der Waals surface area contributed by atoms with Gasteiger partial charge in [0.15, 0.2) is 5.78 Å². The Morgan fingerprint density at radius 1 is 0.935 bits per heavy atom. The van der Waals surface area contributed by atoms with E-state index in [0.717, 1.165) is 19.3 Å². The lowest BCUT2D eigenvalue weighted by Crippen LogP contribution is -2.50. The number of carbonyl (C=O) groups is 4. The smallest absolute Gasteiger partial charge is 0.247 e. The average molecular weight is 431 g/mol. The summed E-state index contributed by atoms with van der Waals surface area (Å²) >= 11 is 0. The van der Waals surface area contributed by atoms with E-state index in [1.54, 1.807) is 24.3 Å². The average Bonchev–Trinajstić information content (AvgIpc) is 2.69. The number of hydrogen-bond acceptors (Lipinski definition) is 4. The van der Waals surface area contributed by atoms with Gasteiger partial charge in [-0.05, 0) is 62.8 Å². The van der Waals surface area contributed by atoms with Crippen LogP contribution in [0.5, 0.6) is 0 Å². The molecule has 0 aliphatic rings. The number of hydrogen-bond donors (Lipinski definition) is 2. The number of rotatable bonds is 13. The summed E-state index contributed by atoms with van der Waals surface area (Å²) in [6.07, 6.45) is 3.22. The Morgan fingerprint density at radius 3 is 2.00 bits per heavy atom. The summed E-state index contributed by atoms with van der Waals surface area (Å²) in [5.74, 6) is -0.795. The van der Waals surface area contributed by atoms with Crippen LogP contribution in [-0.2, 0) is 14.4 Å². The molecule has 0 bridgehead atoms. The largest absolute Gasteiger partial charge is 0.344 e. The predicted octanol–water partition coefficient (Wildman–Crippen LogP) is 4.78. The van der Waals surface area contributed by atoms with Gasteiger partial charge in [0, 0.05) is 23.6 Å². The molecule has 0 radical (unpaired) electrons. The van der Waals surface area contributed by atoms with E-state index >= 15 is 0 Å². The molecule has 1 aromatic rings. The lowest BCUT2D eigenvalue weighted by Gasteiger charge is -2.28. The van der Waals surface area contributed by atoms with Crippen LogP contribution < -0.4 is 10.6 Å².